The number of thiophene rings is 1. The lowest BCUT2D eigenvalue weighted by Gasteiger charge is -2.10. The molecule has 2 rings (SSSR count). The largest absolute Gasteiger partial charge is 0.495 e. The zero-order valence-corrected chi connectivity index (χ0v) is 13.3. The standard InChI is InChI=1S/C14H11BrN2O2S/c1-8-6-11(20-13(8)15)14(18)17-12-9(7-16)4-3-5-10(12)19-2/h3-6H,1-2H3,(H,17,18). The highest BCUT2D eigenvalue weighted by molar-refractivity contribution is 9.11. The van der Waals surface area contributed by atoms with Crippen molar-refractivity contribution in [2.45, 2.75) is 6.92 Å². The average molecular weight is 351 g/mol. The van der Waals surface area contributed by atoms with E-state index in [4.69, 9.17) is 10.00 Å². The molecule has 1 aromatic carbocycles. The summed E-state index contributed by atoms with van der Waals surface area (Å²) in [6.07, 6.45) is 0. The van der Waals surface area contributed by atoms with Crippen LogP contribution < -0.4 is 10.1 Å². The van der Waals surface area contributed by atoms with E-state index in [0.29, 0.717) is 21.9 Å². The van der Waals surface area contributed by atoms with E-state index in [2.05, 4.69) is 21.2 Å². The number of rotatable bonds is 3. The fourth-order valence-corrected chi connectivity index (χ4v) is 3.10. The van der Waals surface area contributed by atoms with Gasteiger partial charge in [-0.05, 0) is 46.6 Å². The van der Waals surface area contributed by atoms with Crippen LogP contribution in [0.1, 0.15) is 20.8 Å². The van der Waals surface area contributed by atoms with Crippen LogP contribution in [-0.2, 0) is 0 Å². The summed E-state index contributed by atoms with van der Waals surface area (Å²) in [6.45, 7) is 1.92. The highest BCUT2D eigenvalue weighted by atomic mass is 79.9. The zero-order chi connectivity index (χ0) is 14.7. The summed E-state index contributed by atoms with van der Waals surface area (Å²) in [5, 5.41) is 11.8. The number of nitrogens with one attached hydrogen (secondary N) is 1. The van der Waals surface area contributed by atoms with Crippen LogP contribution in [0.2, 0.25) is 0 Å². The molecule has 0 aliphatic heterocycles. The highest BCUT2D eigenvalue weighted by Crippen LogP contribution is 2.31. The van der Waals surface area contributed by atoms with Gasteiger partial charge in [0.25, 0.3) is 5.91 Å². The Morgan fingerprint density at radius 1 is 1.50 bits per heavy atom. The quantitative estimate of drug-likeness (QED) is 0.911. The van der Waals surface area contributed by atoms with E-state index in [-0.39, 0.29) is 5.91 Å². The topological polar surface area (TPSA) is 62.1 Å². The van der Waals surface area contributed by atoms with Crippen molar-refractivity contribution in [2.75, 3.05) is 12.4 Å². The van der Waals surface area contributed by atoms with Crippen LogP contribution in [0.25, 0.3) is 0 Å². The van der Waals surface area contributed by atoms with E-state index >= 15 is 0 Å². The number of anilines is 1. The van der Waals surface area contributed by atoms with Gasteiger partial charge in [0.15, 0.2) is 0 Å². The molecule has 0 aliphatic rings. The number of halogens is 1. The Hall–Kier alpha value is -1.84. The maximum Gasteiger partial charge on any atom is 0.265 e. The number of amides is 1. The van der Waals surface area contributed by atoms with Gasteiger partial charge in [-0.2, -0.15) is 5.26 Å². The Bertz CT molecular complexity index is 684. The Morgan fingerprint density at radius 3 is 2.80 bits per heavy atom. The van der Waals surface area contributed by atoms with Gasteiger partial charge >= 0.3 is 0 Å². The second kappa shape index (κ2) is 6.07. The third-order valence-corrected chi connectivity index (χ3v) is 4.82. The van der Waals surface area contributed by atoms with E-state index in [0.717, 1.165) is 9.35 Å². The first-order chi connectivity index (χ1) is 9.56. The summed E-state index contributed by atoms with van der Waals surface area (Å²) < 4.78 is 6.10. The smallest absolute Gasteiger partial charge is 0.265 e. The average Bonchev–Trinajstić information content (AvgIpc) is 2.79. The number of hydrogen-bond donors (Lipinski definition) is 1. The van der Waals surface area contributed by atoms with Crippen molar-refractivity contribution in [1.82, 2.24) is 0 Å². The number of para-hydroxylation sites is 1. The monoisotopic (exact) mass is 350 g/mol. The first-order valence-corrected chi connectivity index (χ1v) is 7.32. The molecule has 0 saturated heterocycles. The van der Waals surface area contributed by atoms with E-state index < -0.39 is 0 Å². The molecule has 1 N–H and O–H groups in total. The summed E-state index contributed by atoms with van der Waals surface area (Å²) in [4.78, 5) is 12.8. The molecule has 4 nitrogen and oxygen atoms in total. The van der Waals surface area contributed by atoms with Crippen molar-refractivity contribution >= 4 is 38.9 Å². The number of nitrogens with zero attached hydrogens (tertiary/aromatic N) is 1. The van der Waals surface area contributed by atoms with Gasteiger partial charge in [0, 0.05) is 0 Å². The zero-order valence-electron chi connectivity index (χ0n) is 10.9. The summed E-state index contributed by atoms with van der Waals surface area (Å²) >= 11 is 4.74. The third-order valence-electron chi connectivity index (χ3n) is 2.69. The molecule has 20 heavy (non-hydrogen) atoms. The lowest BCUT2D eigenvalue weighted by molar-refractivity contribution is 0.103. The molecule has 0 atom stereocenters. The predicted molar refractivity (Wildman–Crippen MR) is 82.4 cm³/mol. The Kier molecular flexibility index (Phi) is 4.42. The molecule has 1 aromatic heterocycles. The molecule has 0 unspecified atom stereocenters. The van der Waals surface area contributed by atoms with E-state index in [1.54, 1.807) is 24.3 Å². The molecule has 0 saturated carbocycles. The van der Waals surface area contributed by atoms with Gasteiger partial charge in [0.05, 0.1) is 21.3 Å². The molecule has 1 amide bonds. The Morgan fingerprint density at radius 2 is 2.25 bits per heavy atom. The van der Waals surface area contributed by atoms with Crippen molar-refractivity contribution in [2.24, 2.45) is 0 Å². The second-order valence-electron chi connectivity index (χ2n) is 4.02. The number of carbonyl (C=O) groups excluding carboxylic acids is 1. The molecule has 1 heterocycles. The maximum atomic E-state index is 12.2. The lowest BCUT2D eigenvalue weighted by atomic mass is 10.1. The number of benzene rings is 1. The predicted octanol–water partition coefficient (Wildman–Crippen LogP) is 3.95. The molecule has 2 aromatic rings. The van der Waals surface area contributed by atoms with E-state index in [1.165, 1.54) is 18.4 Å². The molecule has 0 spiro atoms. The van der Waals surface area contributed by atoms with Gasteiger partial charge in [-0.25, -0.2) is 0 Å². The van der Waals surface area contributed by atoms with Crippen molar-refractivity contribution in [3.8, 4) is 11.8 Å². The lowest BCUT2D eigenvalue weighted by Crippen LogP contribution is -2.12. The van der Waals surface area contributed by atoms with Crippen LogP contribution in [0.3, 0.4) is 0 Å². The van der Waals surface area contributed by atoms with Crippen molar-refractivity contribution in [3.05, 3.63) is 44.1 Å². The Labute approximate surface area is 129 Å². The summed E-state index contributed by atoms with van der Waals surface area (Å²) in [7, 11) is 1.50. The number of nitriles is 1. The maximum absolute atomic E-state index is 12.2. The van der Waals surface area contributed by atoms with Crippen LogP contribution in [0.15, 0.2) is 28.1 Å². The van der Waals surface area contributed by atoms with Crippen molar-refractivity contribution in [1.29, 1.82) is 5.26 Å². The van der Waals surface area contributed by atoms with Gasteiger partial charge in [-0.15, -0.1) is 11.3 Å². The number of carbonyl (C=O) groups is 1. The number of ether oxygens (including phenoxy) is 1. The number of aryl methyl sites for hydroxylation is 1. The van der Waals surface area contributed by atoms with Crippen LogP contribution in [-0.4, -0.2) is 13.0 Å². The second-order valence-corrected chi connectivity index (χ2v) is 6.39. The minimum atomic E-state index is -0.259. The van der Waals surface area contributed by atoms with Crippen LogP contribution in [0.5, 0.6) is 5.75 Å². The fourth-order valence-electron chi connectivity index (χ4n) is 1.67. The fraction of sp³-hybridized carbons (Fsp3) is 0.143. The van der Waals surface area contributed by atoms with Crippen molar-refractivity contribution < 1.29 is 9.53 Å². The van der Waals surface area contributed by atoms with Gasteiger partial charge in [0.1, 0.15) is 17.5 Å². The van der Waals surface area contributed by atoms with E-state index in [9.17, 15) is 4.79 Å². The van der Waals surface area contributed by atoms with Crippen molar-refractivity contribution in [3.63, 3.8) is 0 Å². The molecular weight excluding hydrogens is 340 g/mol. The number of hydrogen-bond acceptors (Lipinski definition) is 4. The molecule has 6 heteroatoms. The van der Waals surface area contributed by atoms with Crippen LogP contribution >= 0.6 is 27.3 Å². The first kappa shape index (κ1) is 14.6. The summed E-state index contributed by atoms with van der Waals surface area (Å²) in [5.74, 6) is 0.203. The number of methoxy groups -OCH3 is 1. The minimum absolute atomic E-state index is 0.259. The summed E-state index contributed by atoms with van der Waals surface area (Å²) in [5.41, 5.74) is 1.76. The summed E-state index contributed by atoms with van der Waals surface area (Å²) in [6, 6.07) is 8.88. The van der Waals surface area contributed by atoms with Gasteiger partial charge in [-0.3, -0.25) is 4.79 Å². The first-order valence-electron chi connectivity index (χ1n) is 5.71. The van der Waals surface area contributed by atoms with E-state index in [1.807, 2.05) is 13.0 Å². The van der Waals surface area contributed by atoms with Gasteiger partial charge < -0.3 is 10.1 Å². The van der Waals surface area contributed by atoms with Gasteiger partial charge in [-0.1, -0.05) is 6.07 Å². The van der Waals surface area contributed by atoms with Gasteiger partial charge in [0.2, 0.25) is 0 Å². The Balaban J connectivity index is 2.35. The van der Waals surface area contributed by atoms with Crippen LogP contribution in [0, 0.1) is 18.3 Å². The molecular formula is C14H11BrN2O2S. The SMILES string of the molecule is COc1cccc(C#N)c1NC(=O)c1cc(C)c(Br)s1. The molecule has 0 radical (unpaired) electrons. The molecule has 0 fully saturated rings. The molecule has 0 bridgehead atoms. The molecule has 0 aliphatic carbocycles. The normalized spacial score (nSPS) is 9.90. The minimum Gasteiger partial charge on any atom is -0.495 e. The highest BCUT2D eigenvalue weighted by Gasteiger charge is 2.16. The van der Waals surface area contributed by atoms with Crippen LogP contribution in [0.4, 0.5) is 5.69 Å². The third kappa shape index (κ3) is 2.84. The molecule has 102 valence electrons.